The number of rotatable bonds is 8. The summed E-state index contributed by atoms with van der Waals surface area (Å²) in [6, 6.07) is 13.2. The van der Waals surface area contributed by atoms with Crippen molar-refractivity contribution in [3.63, 3.8) is 0 Å². The number of pyridine rings is 1. The van der Waals surface area contributed by atoms with E-state index in [1.165, 1.54) is 19.8 Å². The zero-order valence-corrected chi connectivity index (χ0v) is 19.6. The first-order valence-corrected chi connectivity index (χ1v) is 11.6. The van der Waals surface area contributed by atoms with Crippen molar-refractivity contribution in [3.05, 3.63) is 71.7 Å². The zero-order valence-electron chi connectivity index (χ0n) is 19.6. The predicted octanol–water partition coefficient (Wildman–Crippen LogP) is 3.78. The Labute approximate surface area is 202 Å². The molecule has 1 saturated carbocycles. The number of imidazole rings is 1. The number of nitrogens with zero attached hydrogens (tertiary/aromatic N) is 4. The zero-order chi connectivity index (χ0) is 24.4. The van der Waals surface area contributed by atoms with Crippen molar-refractivity contribution >= 4 is 23.3 Å². The van der Waals surface area contributed by atoms with Gasteiger partial charge in [-0.25, -0.2) is 9.50 Å². The average molecular weight is 471 g/mol. The van der Waals surface area contributed by atoms with E-state index in [0.29, 0.717) is 46.4 Å². The van der Waals surface area contributed by atoms with Crippen LogP contribution in [0.2, 0.25) is 0 Å². The van der Waals surface area contributed by atoms with Gasteiger partial charge in [0.2, 0.25) is 5.91 Å². The van der Waals surface area contributed by atoms with Gasteiger partial charge in [-0.15, -0.1) is 0 Å². The summed E-state index contributed by atoms with van der Waals surface area (Å²) in [4.78, 5) is 33.1. The SMILES string of the molecule is CC(=O)Nc1cn2nc(-c3cnc(C)c(C(=O)NCc4ccccc4OCC4CC4)c3)ccc2n1. The van der Waals surface area contributed by atoms with Gasteiger partial charge < -0.3 is 15.4 Å². The summed E-state index contributed by atoms with van der Waals surface area (Å²) >= 11 is 0. The van der Waals surface area contributed by atoms with Crippen LogP contribution in [0.5, 0.6) is 5.75 Å². The number of fused-ring (bicyclic) bond motifs is 1. The summed E-state index contributed by atoms with van der Waals surface area (Å²) in [5.74, 6) is 1.46. The Kier molecular flexibility index (Phi) is 6.13. The predicted molar refractivity (Wildman–Crippen MR) is 131 cm³/mol. The number of ether oxygens (including phenoxy) is 1. The van der Waals surface area contributed by atoms with Crippen LogP contribution in [0.1, 0.15) is 41.4 Å². The molecule has 1 aliphatic carbocycles. The van der Waals surface area contributed by atoms with Gasteiger partial charge in [0.1, 0.15) is 5.75 Å². The summed E-state index contributed by atoms with van der Waals surface area (Å²) in [5, 5.41) is 10.2. The Morgan fingerprint density at radius 3 is 2.80 bits per heavy atom. The molecule has 5 rings (SSSR count). The molecule has 178 valence electrons. The van der Waals surface area contributed by atoms with E-state index >= 15 is 0 Å². The molecule has 1 fully saturated rings. The molecule has 9 nitrogen and oxygen atoms in total. The largest absolute Gasteiger partial charge is 0.493 e. The molecule has 9 heteroatoms. The molecule has 0 saturated heterocycles. The second kappa shape index (κ2) is 9.54. The number of benzene rings is 1. The molecule has 0 radical (unpaired) electrons. The van der Waals surface area contributed by atoms with Crippen molar-refractivity contribution in [2.75, 3.05) is 11.9 Å². The Balaban J connectivity index is 1.33. The Morgan fingerprint density at radius 2 is 2.00 bits per heavy atom. The third-order valence-electron chi connectivity index (χ3n) is 5.83. The molecule has 1 aliphatic rings. The Morgan fingerprint density at radius 1 is 1.17 bits per heavy atom. The number of anilines is 1. The Hall–Kier alpha value is -4.27. The number of hydrogen-bond acceptors (Lipinski definition) is 6. The summed E-state index contributed by atoms with van der Waals surface area (Å²) < 4.78 is 7.54. The van der Waals surface area contributed by atoms with Crippen LogP contribution in [-0.4, -0.2) is 38.0 Å². The molecule has 0 unspecified atom stereocenters. The van der Waals surface area contributed by atoms with Crippen LogP contribution in [-0.2, 0) is 11.3 Å². The third kappa shape index (κ3) is 5.29. The van der Waals surface area contributed by atoms with Crippen LogP contribution in [0.4, 0.5) is 5.82 Å². The lowest BCUT2D eigenvalue weighted by atomic mass is 10.1. The fourth-order valence-electron chi connectivity index (χ4n) is 3.73. The van der Waals surface area contributed by atoms with Gasteiger partial charge in [-0.2, -0.15) is 5.10 Å². The maximum Gasteiger partial charge on any atom is 0.253 e. The van der Waals surface area contributed by atoms with Crippen LogP contribution in [0.3, 0.4) is 0 Å². The van der Waals surface area contributed by atoms with Crippen molar-refractivity contribution in [1.82, 2.24) is 24.9 Å². The number of aromatic nitrogens is 4. The van der Waals surface area contributed by atoms with Crippen molar-refractivity contribution in [1.29, 1.82) is 0 Å². The maximum atomic E-state index is 13.1. The number of nitrogens with one attached hydrogen (secondary N) is 2. The molecule has 3 aromatic heterocycles. The monoisotopic (exact) mass is 470 g/mol. The van der Waals surface area contributed by atoms with Gasteiger partial charge in [-0.3, -0.25) is 14.6 Å². The second-order valence-electron chi connectivity index (χ2n) is 8.73. The van der Waals surface area contributed by atoms with Crippen LogP contribution >= 0.6 is 0 Å². The van der Waals surface area contributed by atoms with E-state index in [-0.39, 0.29) is 11.8 Å². The molecular weight excluding hydrogens is 444 g/mol. The highest BCUT2D eigenvalue weighted by atomic mass is 16.5. The first kappa shape index (κ1) is 22.5. The molecule has 1 aromatic carbocycles. The van der Waals surface area contributed by atoms with Crippen LogP contribution < -0.4 is 15.4 Å². The highest BCUT2D eigenvalue weighted by molar-refractivity contribution is 5.96. The van der Waals surface area contributed by atoms with E-state index in [2.05, 4.69) is 25.7 Å². The van der Waals surface area contributed by atoms with E-state index < -0.39 is 0 Å². The number of hydrogen-bond donors (Lipinski definition) is 2. The minimum absolute atomic E-state index is 0.205. The van der Waals surface area contributed by atoms with Gasteiger partial charge in [0.15, 0.2) is 11.5 Å². The average Bonchev–Trinajstić information content (AvgIpc) is 3.59. The van der Waals surface area contributed by atoms with Gasteiger partial charge in [0.25, 0.3) is 5.91 Å². The molecule has 4 aromatic rings. The Bertz CT molecular complexity index is 1410. The van der Waals surface area contributed by atoms with Gasteiger partial charge in [-0.05, 0) is 49.9 Å². The fourth-order valence-corrected chi connectivity index (χ4v) is 3.73. The lowest BCUT2D eigenvalue weighted by molar-refractivity contribution is -0.114. The smallest absolute Gasteiger partial charge is 0.253 e. The van der Waals surface area contributed by atoms with Crippen molar-refractivity contribution in [3.8, 4) is 17.0 Å². The number of aryl methyl sites for hydroxylation is 1. The first-order chi connectivity index (χ1) is 17.0. The number of carbonyl (C=O) groups is 2. The van der Waals surface area contributed by atoms with Crippen molar-refractivity contribution in [2.45, 2.75) is 33.2 Å². The minimum atomic E-state index is -0.217. The molecular formula is C26H26N6O3. The van der Waals surface area contributed by atoms with E-state index in [1.54, 1.807) is 42.0 Å². The molecule has 2 N–H and O–H groups in total. The molecule has 2 amide bonds. The van der Waals surface area contributed by atoms with Crippen molar-refractivity contribution in [2.24, 2.45) is 5.92 Å². The highest BCUT2D eigenvalue weighted by Crippen LogP contribution is 2.30. The second-order valence-corrected chi connectivity index (χ2v) is 8.73. The highest BCUT2D eigenvalue weighted by Gasteiger charge is 2.22. The van der Waals surface area contributed by atoms with Gasteiger partial charge >= 0.3 is 0 Å². The van der Waals surface area contributed by atoms with Gasteiger partial charge in [0.05, 0.1) is 29.8 Å². The normalized spacial score (nSPS) is 13.0. The fraction of sp³-hybridized carbons (Fsp3) is 0.269. The van der Waals surface area contributed by atoms with Crippen LogP contribution in [0.25, 0.3) is 16.9 Å². The maximum absolute atomic E-state index is 13.1. The van der Waals surface area contributed by atoms with Crippen LogP contribution in [0, 0.1) is 12.8 Å². The molecule has 0 aliphatic heterocycles. The topological polar surface area (TPSA) is 111 Å². The third-order valence-corrected chi connectivity index (χ3v) is 5.83. The first-order valence-electron chi connectivity index (χ1n) is 11.6. The molecule has 35 heavy (non-hydrogen) atoms. The summed E-state index contributed by atoms with van der Waals surface area (Å²) in [7, 11) is 0. The summed E-state index contributed by atoms with van der Waals surface area (Å²) in [6.45, 7) is 4.30. The van der Waals surface area contributed by atoms with E-state index in [1.807, 2.05) is 24.3 Å². The van der Waals surface area contributed by atoms with E-state index in [9.17, 15) is 9.59 Å². The summed E-state index contributed by atoms with van der Waals surface area (Å²) in [5.41, 5.74) is 3.96. The van der Waals surface area contributed by atoms with Crippen LogP contribution in [0.15, 0.2) is 54.9 Å². The van der Waals surface area contributed by atoms with E-state index in [0.717, 1.165) is 17.9 Å². The standard InChI is InChI=1S/C26H26N6O3/c1-16-21(26(34)28-12-19-5-3-4-6-23(19)35-15-18-7-8-18)11-20(13-27-16)22-9-10-25-30-24(29-17(2)33)14-32(25)31-22/h3-6,9-11,13-14,18H,7-8,12,15H2,1-2H3,(H,28,34)(H,29,33). The van der Waals surface area contributed by atoms with Gasteiger partial charge in [0, 0.05) is 30.8 Å². The molecule has 0 spiro atoms. The van der Waals surface area contributed by atoms with Crippen molar-refractivity contribution < 1.29 is 14.3 Å². The van der Waals surface area contributed by atoms with Gasteiger partial charge in [-0.1, -0.05) is 18.2 Å². The number of para-hydroxylation sites is 1. The molecule has 0 atom stereocenters. The lowest BCUT2D eigenvalue weighted by Gasteiger charge is -2.13. The lowest BCUT2D eigenvalue weighted by Crippen LogP contribution is -2.24. The van der Waals surface area contributed by atoms with E-state index in [4.69, 9.17) is 4.74 Å². The summed E-state index contributed by atoms with van der Waals surface area (Å²) in [6.07, 6.45) is 5.77. The molecule has 0 bridgehead atoms. The molecule has 3 heterocycles. The minimum Gasteiger partial charge on any atom is -0.493 e. The number of amides is 2. The quantitative estimate of drug-likeness (QED) is 0.406. The number of carbonyl (C=O) groups excluding carboxylic acids is 2.